The molecule has 0 bridgehead atoms. The molecular formula is C20H41O6P. The van der Waals surface area contributed by atoms with Crippen molar-refractivity contribution < 1.29 is 27.7 Å². The fourth-order valence-corrected chi connectivity index (χ4v) is 3.73. The molecule has 162 valence electrons. The van der Waals surface area contributed by atoms with Crippen LogP contribution in [-0.4, -0.2) is 32.4 Å². The topological polar surface area (TPSA) is 71.1 Å². The van der Waals surface area contributed by atoms with Crippen LogP contribution >= 0.6 is 7.82 Å². The predicted octanol–water partition coefficient (Wildman–Crippen LogP) is 6.43. The van der Waals surface area contributed by atoms with Gasteiger partial charge in [0.15, 0.2) is 0 Å². The van der Waals surface area contributed by atoms with Crippen molar-refractivity contribution in [3.05, 3.63) is 0 Å². The Morgan fingerprint density at radius 1 is 0.704 bits per heavy atom. The molecule has 27 heavy (non-hydrogen) atoms. The van der Waals surface area contributed by atoms with Crippen molar-refractivity contribution in [3.63, 3.8) is 0 Å². The first kappa shape index (κ1) is 26.6. The van der Waals surface area contributed by atoms with Gasteiger partial charge in [0.1, 0.15) is 6.61 Å². The van der Waals surface area contributed by atoms with Crippen molar-refractivity contribution in [2.24, 2.45) is 0 Å². The summed E-state index contributed by atoms with van der Waals surface area (Å²) in [5.41, 5.74) is 0. The minimum Gasteiger partial charge on any atom is -0.370 e. The normalized spacial score (nSPS) is 11.7. The maximum absolute atomic E-state index is 12.7. The van der Waals surface area contributed by atoms with Crippen molar-refractivity contribution in [2.75, 3.05) is 26.4 Å². The van der Waals surface area contributed by atoms with Gasteiger partial charge in [0.2, 0.25) is 0 Å². The molecule has 0 saturated heterocycles. The van der Waals surface area contributed by atoms with Crippen LogP contribution in [0.25, 0.3) is 0 Å². The van der Waals surface area contributed by atoms with E-state index in [4.69, 9.17) is 18.3 Å². The van der Waals surface area contributed by atoms with Crippen LogP contribution in [0.1, 0.15) is 97.8 Å². The highest BCUT2D eigenvalue weighted by Crippen LogP contribution is 2.50. The summed E-state index contributed by atoms with van der Waals surface area (Å²) in [6.07, 6.45) is 13.1. The van der Waals surface area contributed by atoms with Crippen LogP contribution in [0.3, 0.4) is 0 Å². The number of phosphoric acid groups is 1. The average Bonchev–Trinajstić information content (AvgIpc) is 2.65. The molecule has 0 radical (unpaired) electrons. The summed E-state index contributed by atoms with van der Waals surface area (Å²) in [7, 11) is -3.87. The number of ether oxygens (including phenoxy) is 1. The predicted molar refractivity (Wildman–Crippen MR) is 109 cm³/mol. The smallest absolute Gasteiger partial charge is 0.370 e. The zero-order chi connectivity index (χ0) is 20.2. The van der Waals surface area contributed by atoms with Gasteiger partial charge in [-0.15, -0.1) is 0 Å². The minimum atomic E-state index is -3.87. The Morgan fingerprint density at radius 2 is 1.15 bits per heavy atom. The molecule has 0 aromatic heterocycles. The molecule has 0 saturated carbocycles. The molecule has 0 aliphatic heterocycles. The second-order valence-corrected chi connectivity index (χ2v) is 8.34. The molecule has 0 spiro atoms. The Labute approximate surface area is 166 Å². The van der Waals surface area contributed by atoms with Gasteiger partial charge in [-0.1, -0.05) is 78.1 Å². The van der Waals surface area contributed by atoms with Gasteiger partial charge in [0.05, 0.1) is 13.2 Å². The first-order chi connectivity index (χ1) is 13.1. The summed E-state index contributed by atoms with van der Waals surface area (Å²) in [4.78, 5) is 11.8. The van der Waals surface area contributed by atoms with Gasteiger partial charge in [0, 0.05) is 6.61 Å². The van der Waals surface area contributed by atoms with E-state index in [0.29, 0.717) is 6.61 Å². The van der Waals surface area contributed by atoms with E-state index >= 15 is 0 Å². The summed E-state index contributed by atoms with van der Waals surface area (Å²) in [5, 5.41) is 0. The van der Waals surface area contributed by atoms with E-state index in [0.717, 1.165) is 38.5 Å². The number of hydrogen-bond acceptors (Lipinski definition) is 6. The number of carbonyl (C=O) groups excluding carboxylic acids is 1. The fourth-order valence-electron chi connectivity index (χ4n) is 2.54. The quantitative estimate of drug-likeness (QED) is 0.171. The lowest BCUT2D eigenvalue weighted by Crippen LogP contribution is -2.14. The number of rotatable bonds is 20. The molecule has 0 aromatic carbocycles. The third-order valence-electron chi connectivity index (χ3n) is 4.13. The Bertz CT molecular complexity index is 367. The second kappa shape index (κ2) is 18.9. The number of phosphoric ester groups is 1. The Kier molecular flexibility index (Phi) is 18.6. The van der Waals surface area contributed by atoms with Crippen LogP contribution < -0.4 is 0 Å². The lowest BCUT2D eigenvalue weighted by molar-refractivity contribution is -0.141. The highest BCUT2D eigenvalue weighted by atomic mass is 31.2. The first-order valence-corrected chi connectivity index (χ1v) is 12.2. The van der Waals surface area contributed by atoms with Gasteiger partial charge in [0.25, 0.3) is 0 Å². The van der Waals surface area contributed by atoms with Crippen LogP contribution in [0.4, 0.5) is 0 Å². The van der Waals surface area contributed by atoms with E-state index in [1.807, 2.05) is 0 Å². The Balaban J connectivity index is 4.19. The van der Waals surface area contributed by atoms with Gasteiger partial charge >= 0.3 is 13.8 Å². The summed E-state index contributed by atoms with van der Waals surface area (Å²) >= 11 is 0. The zero-order valence-electron chi connectivity index (χ0n) is 17.7. The number of carbonyl (C=O) groups is 1. The second-order valence-electron chi connectivity index (χ2n) is 6.75. The van der Waals surface area contributed by atoms with E-state index in [1.54, 1.807) is 6.92 Å². The van der Waals surface area contributed by atoms with Crippen LogP contribution in [0, 0.1) is 0 Å². The van der Waals surface area contributed by atoms with E-state index in [9.17, 15) is 9.36 Å². The molecule has 7 heteroatoms. The van der Waals surface area contributed by atoms with Gasteiger partial charge < -0.3 is 9.26 Å². The minimum absolute atomic E-state index is 0.249. The van der Waals surface area contributed by atoms with Crippen molar-refractivity contribution in [3.8, 4) is 0 Å². The standard InChI is InChI=1S/C20H41O6P/c1-4-7-9-11-13-15-17-24-27(22,26-20(21)19-23-6-3)25-18-16-14-12-10-8-5-2/h4-19H2,1-3H3. The van der Waals surface area contributed by atoms with Crippen molar-refractivity contribution in [1.82, 2.24) is 0 Å². The first-order valence-electron chi connectivity index (χ1n) is 10.8. The molecule has 0 aliphatic rings. The molecule has 0 atom stereocenters. The van der Waals surface area contributed by atoms with Crippen molar-refractivity contribution >= 4 is 13.8 Å². The Hall–Kier alpha value is -0.420. The summed E-state index contributed by atoms with van der Waals surface area (Å²) in [6, 6.07) is 0. The average molecular weight is 409 g/mol. The van der Waals surface area contributed by atoms with E-state index in [1.165, 1.54) is 38.5 Å². The monoisotopic (exact) mass is 408 g/mol. The highest BCUT2D eigenvalue weighted by molar-refractivity contribution is 7.49. The number of hydrogen-bond donors (Lipinski definition) is 0. The van der Waals surface area contributed by atoms with Gasteiger partial charge in [-0.2, -0.15) is 0 Å². The van der Waals surface area contributed by atoms with Crippen LogP contribution in [-0.2, 0) is 27.7 Å². The third kappa shape index (κ3) is 17.4. The molecular weight excluding hydrogens is 367 g/mol. The molecule has 0 N–H and O–H groups in total. The van der Waals surface area contributed by atoms with Gasteiger partial charge in [-0.05, 0) is 19.8 Å². The summed E-state index contributed by atoms with van der Waals surface area (Å²) in [6.45, 7) is 6.80. The lowest BCUT2D eigenvalue weighted by atomic mass is 10.1. The van der Waals surface area contributed by atoms with Gasteiger partial charge in [-0.25, -0.2) is 9.36 Å². The van der Waals surface area contributed by atoms with Crippen molar-refractivity contribution in [2.45, 2.75) is 97.8 Å². The zero-order valence-corrected chi connectivity index (χ0v) is 18.6. The summed E-state index contributed by atoms with van der Waals surface area (Å²) < 4.78 is 33.4. The van der Waals surface area contributed by atoms with E-state index in [2.05, 4.69) is 13.8 Å². The number of unbranched alkanes of at least 4 members (excludes halogenated alkanes) is 10. The van der Waals surface area contributed by atoms with Crippen LogP contribution in [0.15, 0.2) is 0 Å². The largest absolute Gasteiger partial charge is 0.532 e. The highest BCUT2D eigenvalue weighted by Gasteiger charge is 2.31. The molecule has 0 fully saturated rings. The molecule has 6 nitrogen and oxygen atoms in total. The molecule has 0 amide bonds. The van der Waals surface area contributed by atoms with Crippen LogP contribution in [0.2, 0.25) is 0 Å². The van der Waals surface area contributed by atoms with Crippen LogP contribution in [0.5, 0.6) is 0 Å². The van der Waals surface area contributed by atoms with Gasteiger partial charge in [-0.3, -0.25) is 9.05 Å². The van der Waals surface area contributed by atoms with Crippen molar-refractivity contribution in [1.29, 1.82) is 0 Å². The van der Waals surface area contributed by atoms with E-state index < -0.39 is 13.8 Å². The Morgan fingerprint density at radius 3 is 1.59 bits per heavy atom. The third-order valence-corrected chi connectivity index (χ3v) is 5.56. The fraction of sp³-hybridized carbons (Fsp3) is 0.950. The molecule has 0 aromatic rings. The molecule has 0 unspecified atom stereocenters. The maximum Gasteiger partial charge on any atom is 0.532 e. The van der Waals surface area contributed by atoms with E-state index in [-0.39, 0.29) is 19.8 Å². The lowest BCUT2D eigenvalue weighted by Gasteiger charge is -2.17. The molecule has 0 aliphatic carbocycles. The molecule has 0 rings (SSSR count). The summed E-state index contributed by atoms with van der Waals surface area (Å²) in [5.74, 6) is -0.717. The maximum atomic E-state index is 12.7. The SMILES string of the molecule is CCCCCCCCOP(=O)(OCCCCCCCC)OC(=O)COCC. The molecule has 0 heterocycles.